The number of nitrogens with zero attached hydrogens (tertiary/aromatic N) is 5. The molecule has 4 N–H and O–H groups in total. The van der Waals surface area contributed by atoms with Crippen molar-refractivity contribution in [2.75, 3.05) is 74.7 Å². The zero-order valence-corrected chi connectivity index (χ0v) is 62.2. The molecule has 2 aliphatic heterocycles. The van der Waals surface area contributed by atoms with E-state index in [4.69, 9.17) is 9.47 Å². The van der Waals surface area contributed by atoms with Gasteiger partial charge in [0.25, 0.3) is 0 Å². The largest absolute Gasteiger partial charge is 0.453 e. The number of ketones is 5. The van der Waals surface area contributed by atoms with Gasteiger partial charge in [0.15, 0.2) is 17.3 Å². The van der Waals surface area contributed by atoms with Gasteiger partial charge in [-0.3, -0.25) is 57.6 Å². The number of aliphatic hydroxyl groups is 1. The first-order valence-corrected chi connectivity index (χ1v) is 35.3. The Labute approximate surface area is 569 Å². The Kier molecular flexibility index (Phi) is 36.2. The summed E-state index contributed by atoms with van der Waals surface area (Å²) in [6.07, 6.45) is -0.298. The molecule has 2 fully saturated rings. The number of amides is 7. The first-order chi connectivity index (χ1) is 44.1. The van der Waals surface area contributed by atoms with Gasteiger partial charge in [-0.1, -0.05) is 124 Å². The summed E-state index contributed by atoms with van der Waals surface area (Å²) in [4.78, 5) is 182. The third kappa shape index (κ3) is 26.6. The van der Waals surface area contributed by atoms with Gasteiger partial charge in [-0.25, -0.2) is 4.79 Å². The number of rotatable bonds is 20. The van der Waals surface area contributed by atoms with Gasteiger partial charge in [0, 0.05) is 110 Å². The molecule has 0 aromatic rings. The Hall–Kier alpha value is -5.68. The van der Waals surface area contributed by atoms with Gasteiger partial charge in [-0.15, -0.1) is 0 Å². The lowest BCUT2D eigenvalue weighted by Crippen LogP contribution is -2.61. The molecule has 0 radical (unpaired) electrons. The number of morpholine rings is 1. The van der Waals surface area contributed by atoms with E-state index in [0.29, 0.717) is 26.1 Å². The molecule has 95 heavy (non-hydrogen) atoms. The minimum absolute atomic E-state index is 0.0501. The highest BCUT2D eigenvalue weighted by Gasteiger charge is 2.45. The number of methoxy groups -OCH3 is 1. The van der Waals surface area contributed by atoms with Crippen molar-refractivity contribution in [1.82, 2.24) is 40.4 Å². The molecule has 2 rings (SSSR count). The predicted octanol–water partition coefficient (Wildman–Crippen LogP) is 7.35. The van der Waals surface area contributed by atoms with Gasteiger partial charge < -0.3 is 50.1 Å². The number of Topliss-reactive ketones (excluding diaryl/α,β-unsaturated/α-hetero) is 5. The number of likely N-dealkylation sites (N-methyl/N-ethyl adjacent to an activating group) is 3. The van der Waals surface area contributed by atoms with Crippen LogP contribution in [0.25, 0.3) is 0 Å². The average molecular weight is 1340 g/mol. The lowest BCUT2D eigenvalue weighted by Gasteiger charge is -2.38. The molecule has 2 heterocycles. The molecule has 7 amide bonds. The van der Waals surface area contributed by atoms with Crippen LogP contribution in [-0.2, 0) is 62.2 Å². The third-order valence-corrected chi connectivity index (χ3v) is 19.5. The van der Waals surface area contributed by atoms with Gasteiger partial charge in [0.2, 0.25) is 35.4 Å². The molecule has 23 nitrogen and oxygen atoms in total. The number of carbonyl (C=O) groups is 12. The van der Waals surface area contributed by atoms with Gasteiger partial charge in [-0.2, -0.15) is 0 Å². The van der Waals surface area contributed by atoms with Crippen LogP contribution in [0.1, 0.15) is 201 Å². The lowest BCUT2D eigenvalue weighted by atomic mass is 9.70. The summed E-state index contributed by atoms with van der Waals surface area (Å²) in [5, 5.41) is 20.6. The number of ether oxygens (including phenoxy) is 2. The highest BCUT2D eigenvalue weighted by molar-refractivity contribution is 6.00. The summed E-state index contributed by atoms with van der Waals surface area (Å²) in [6.45, 7) is 33.8. The van der Waals surface area contributed by atoms with Gasteiger partial charge in [0.1, 0.15) is 29.7 Å². The quantitative estimate of drug-likeness (QED) is 0.0867. The van der Waals surface area contributed by atoms with Crippen molar-refractivity contribution in [3.05, 3.63) is 0 Å². The Morgan fingerprint density at radius 1 is 0.611 bits per heavy atom. The molecule has 0 unspecified atom stereocenters. The van der Waals surface area contributed by atoms with Crippen molar-refractivity contribution in [3.8, 4) is 0 Å². The van der Waals surface area contributed by atoms with Crippen LogP contribution in [0.4, 0.5) is 4.79 Å². The summed E-state index contributed by atoms with van der Waals surface area (Å²) in [5.74, 6) is -13.2. The monoisotopic (exact) mass is 1340 g/mol. The van der Waals surface area contributed by atoms with E-state index in [1.165, 1.54) is 61.8 Å². The molecular weight excluding hydrogens is 1220 g/mol. The number of nitrogens with one attached hydrogen (secondary N) is 3. The van der Waals surface area contributed by atoms with Crippen molar-refractivity contribution in [2.45, 2.75) is 244 Å². The van der Waals surface area contributed by atoms with E-state index >= 15 is 9.59 Å². The SMILES string of the molecule is CC[C@@H]1NC(=O)[C@H]([C@H](O)[C@H](C)CCCCCN2CCOCC2)NC(=O)[C@H](C(C)C)N(C)C(=O)[C@H](CC(C)C)CC(=O)[C@H](CC(C)C)N(C)C(=O)[C@@H](C)NC(=O)[C@H](C)CC(=O)[C@H](CC(C)C)N(C)C(=O)[C@H](C(C)C)CC(=O)[C@H](C(C)(C)CN(C)C(=O)OC)CC(=O)[C@@H](C)CC1=O. The molecule has 0 aliphatic carbocycles. The fourth-order valence-corrected chi connectivity index (χ4v) is 13.5. The van der Waals surface area contributed by atoms with Crippen LogP contribution in [0.3, 0.4) is 0 Å². The molecule has 0 bridgehead atoms. The number of hydrogen-bond acceptors (Lipinski definition) is 16. The van der Waals surface area contributed by atoms with Crippen LogP contribution in [0.5, 0.6) is 0 Å². The highest BCUT2D eigenvalue weighted by Crippen LogP contribution is 2.37. The molecule has 2 saturated heterocycles. The van der Waals surface area contributed by atoms with E-state index in [0.717, 1.165) is 32.5 Å². The summed E-state index contributed by atoms with van der Waals surface area (Å²) < 4.78 is 10.5. The number of unbranched alkanes of at least 4 members (excludes halogenated alkanes) is 2. The van der Waals surface area contributed by atoms with E-state index < -0.39 is 172 Å². The van der Waals surface area contributed by atoms with E-state index in [1.807, 2.05) is 41.5 Å². The molecule has 2 aliphatic rings. The second kappa shape index (κ2) is 40.3. The molecule has 23 heteroatoms. The minimum Gasteiger partial charge on any atom is -0.453 e. The van der Waals surface area contributed by atoms with E-state index in [-0.39, 0.29) is 75.7 Å². The van der Waals surface area contributed by atoms with Gasteiger partial charge in [0.05, 0.1) is 44.6 Å². The Morgan fingerprint density at radius 3 is 1.66 bits per heavy atom. The van der Waals surface area contributed by atoms with Crippen LogP contribution < -0.4 is 16.0 Å². The maximum Gasteiger partial charge on any atom is 0.409 e. The van der Waals surface area contributed by atoms with Crippen molar-refractivity contribution < 1.29 is 72.1 Å². The van der Waals surface area contributed by atoms with E-state index in [2.05, 4.69) is 20.9 Å². The van der Waals surface area contributed by atoms with Gasteiger partial charge >= 0.3 is 6.09 Å². The van der Waals surface area contributed by atoms with Crippen LogP contribution in [0.2, 0.25) is 0 Å². The number of aliphatic hydroxyl groups excluding tert-OH is 1. The Bertz CT molecular complexity index is 2570. The van der Waals surface area contributed by atoms with E-state index in [1.54, 1.807) is 69.2 Å². The molecule has 0 spiro atoms. The molecule has 0 saturated carbocycles. The third-order valence-electron chi connectivity index (χ3n) is 19.5. The maximum atomic E-state index is 15.1. The normalized spacial score (nSPS) is 27.2. The molecule has 544 valence electrons. The van der Waals surface area contributed by atoms with Crippen molar-refractivity contribution in [1.29, 1.82) is 0 Å². The van der Waals surface area contributed by atoms with Crippen LogP contribution in [0, 0.1) is 70.5 Å². The van der Waals surface area contributed by atoms with Crippen molar-refractivity contribution in [2.24, 2.45) is 70.5 Å². The molecule has 0 aromatic carbocycles. The number of hydrogen-bond donors (Lipinski definition) is 4. The summed E-state index contributed by atoms with van der Waals surface area (Å²) in [5.41, 5.74) is -1.13. The maximum absolute atomic E-state index is 15.1. The van der Waals surface area contributed by atoms with Crippen LogP contribution >= 0.6 is 0 Å². The zero-order chi connectivity index (χ0) is 72.7. The Morgan fingerprint density at radius 2 is 1.15 bits per heavy atom. The fourth-order valence-electron chi connectivity index (χ4n) is 13.5. The Balaban J connectivity index is 2.93. The molecule has 0 aromatic heterocycles. The first kappa shape index (κ1) is 85.4. The summed E-state index contributed by atoms with van der Waals surface area (Å²) in [6, 6.07) is -7.32. The predicted molar refractivity (Wildman–Crippen MR) is 366 cm³/mol. The molecular formula is C72H126N8O15. The number of carbonyl (C=O) groups excluding carboxylic acids is 12. The fraction of sp³-hybridized carbons (Fsp3) is 0.833. The average Bonchev–Trinajstić information content (AvgIpc) is 0.832. The van der Waals surface area contributed by atoms with Crippen molar-refractivity contribution >= 4 is 70.5 Å². The van der Waals surface area contributed by atoms with Gasteiger partial charge in [-0.05, 0) is 92.9 Å². The minimum atomic E-state index is -1.64. The van der Waals surface area contributed by atoms with E-state index in [9.17, 15) is 53.1 Å². The summed E-state index contributed by atoms with van der Waals surface area (Å²) in [7, 11) is 7.13. The standard InChI is InChI=1S/C72H126N8O15/c1-23-54-59(83)36-48(13)57(81)40-53(72(16,17)41-76(18)71(93)94-22)58(82)39-52(45(8)9)70(92)78(20)55(34-43(4)5)60(84)37-49(14)65(87)73-50(15)68(90)77(19)56(35-44(6)7)61(85)38-51(33-42(2)3)69(91)79(21)63(46(10)11)67(89)75-62(66(88)74-54)64(86)47(12)27-25-24-26-28-80-29-31-95-32-30-80/h42-56,62-64,86H,23-41H2,1-22H3,(H,73,87)(H,74,88)(H,75,89)/t47-,48+,49-,50-,51-,52+,53-,54+,55+,56+,62+,63+,64-/m1/s1. The van der Waals surface area contributed by atoms with Crippen molar-refractivity contribution in [3.63, 3.8) is 0 Å². The van der Waals surface area contributed by atoms with Crippen LogP contribution in [-0.4, -0.2) is 217 Å². The highest BCUT2D eigenvalue weighted by atomic mass is 16.5. The second-order valence-corrected chi connectivity index (χ2v) is 30.5. The molecule has 13 atom stereocenters. The smallest absolute Gasteiger partial charge is 0.409 e. The lowest BCUT2D eigenvalue weighted by molar-refractivity contribution is -0.148. The zero-order valence-electron chi connectivity index (χ0n) is 62.2. The first-order valence-electron chi connectivity index (χ1n) is 35.3. The summed E-state index contributed by atoms with van der Waals surface area (Å²) >= 11 is 0. The topological polar surface area (TPSA) is 296 Å². The van der Waals surface area contributed by atoms with Crippen LogP contribution in [0.15, 0.2) is 0 Å². The second-order valence-electron chi connectivity index (χ2n) is 30.5.